The highest BCUT2D eigenvalue weighted by atomic mass is 17.3. The lowest BCUT2D eigenvalue weighted by Crippen LogP contribution is -2.14. The monoisotopic (exact) mass is 108 g/mol. The van der Waals surface area contributed by atoms with Crippen LogP contribution in [0.2, 0.25) is 0 Å². The van der Waals surface area contributed by atoms with E-state index in [0.717, 1.165) is 0 Å². The maximum Gasteiger partial charge on any atom is 0.561 e. The van der Waals surface area contributed by atoms with E-state index in [2.05, 4.69) is 26.5 Å². The van der Waals surface area contributed by atoms with E-state index in [-0.39, 0.29) is 0 Å². The van der Waals surface area contributed by atoms with Gasteiger partial charge in [0.05, 0.1) is 0 Å². The zero-order chi connectivity index (χ0) is 5.70. The van der Waals surface area contributed by atoms with E-state index in [4.69, 9.17) is 0 Å². The molecule has 0 bridgehead atoms. The van der Waals surface area contributed by atoms with Crippen LogP contribution < -0.4 is 11.8 Å². The molecule has 0 aliphatic rings. The fourth-order valence-electron chi connectivity index (χ4n) is 0.0589. The molecule has 0 aliphatic carbocycles. The molecule has 0 aromatic rings. The van der Waals surface area contributed by atoms with Crippen LogP contribution in [0, 0.1) is 0 Å². The molecule has 0 amide bonds. The molecule has 7 heavy (non-hydrogen) atoms. The predicted molar refractivity (Wildman–Crippen MR) is 17.0 cm³/mol. The van der Waals surface area contributed by atoms with Crippen molar-refractivity contribution in [1.82, 2.24) is 0 Å². The largest absolute Gasteiger partial charge is 0.561 e. The molecule has 0 aliphatic heterocycles. The van der Waals surface area contributed by atoms with Crippen LogP contribution in [0.15, 0.2) is 0 Å². The van der Waals surface area contributed by atoms with Gasteiger partial charge in [0.1, 0.15) is 0 Å². The molecular weight excluding hydrogens is 104 g/mol. The van der Waals surface area contributed by atoms with Crippen molar-refractivity contribution >= 4 is 6.16 Å². The molecule has 6 nitrogen and oxygen atoms in total. The number of rotatable bonds is 1. The van der Waals surface area contributed by atoms with E-state index in [1.807, 2.05) is 0 Å². The summed E-state index contributed by atoms with van der Waals surface area (Å²) in [5.41, 5.74) is 0. The second kappa shape index (κ2) is 3.34. The third kappa shape index (κ3) is 2.97. The molecule has 0 unspecified atom stereocenters. The first-order valence-electron chi connectivity index (χ1n) is 1.25. The Morgan fingerprint density at radius 1 is 1.43 bits per heavy atom. The summed E-state index contributed by atoms with van der Waals surface area (Å²) in [6, 6.07) is 0. The molecule has 0 radical (unpaired) electrons. The lowest BCUT2D eigenvalue weighted by molar-refractivity contribution is -0.259. The van der Waals surface area contributed by atoms with Gasteiger partial charge in [-0.15, -0.1) is 0 Å². The van der Waals surface area contributed by atoms with Crippen LogP contribution in [0.4, 0.5) is 4.79 Å². The van der Waals surface area contributed by atoms with Gasteiger partial charge >= 0.3 is 6.16 Å². The number of hydrogen-bond acceptors (Lipinski definition) is 6. The molecule has 0 saturated heterocycles. The average molecular weight is 108 g/mol. The van der Waals surface area contributed by atoms with Crippen molar-refractivity contribution in [3.8, 4) is 0 Å². The molecule has 0 saturated carbocycles. The van der Waals surface area contributed by atoms with Gasteiger partial charge in [0, 0.05) is 0 Å². The molecule has 0 aromatic heterocycles. The van der Waals surface area contributed by atoms with E-state index in [0.29, 0.717) is 0 Å². The average Bonchev–Trinajstić information content (AvgIpc) is 1.68. The Morgan fingerprint density at radius 2 is 2.00 bits per heavy atom. The minimum Gasteiger partial charge on any atom is -0.339 e. The third-order valence-corrected chi connectivity index (χ3v) is 0.212. The summed E-state index contributed by atoms with van der Waals surface area (Å²) >= 11 is 0. The Balaban J connectivity index is 3.00. The van der Waals surface area contributed by atoms with Crippen molar-refractivity contribution in [3.63, 3.8) is 0 Å². The fourth-order valence-corrected chi connectivity index (χ4v) is 0.0589. The Bertz CT molecular complexity index is 62.7. The predicted octanol–water partition coefficient (Wildman–Crippen LogP) is -1.18. The molecule has 0 heterocycles. The minimum atomic E-state index is -1.19. The van der Waals surface area contributed by atoms with Gasteiger partial charge in [-0.05, 0) is 0 Å². The van der Waals surface area contributed by atoms with Crippen LogP contribution in [0.3, 0.4) is 0 Å². The summed E-state index contributed by atoms with van der Waals surface area (Å²) in [4.78, 5) is 19.9. The first-order valence-corrected chi connectivity index (χ1v) is 1.25. The molecule has 6 heteroatoms. The summed E-state index contributed by atoms with van der Waals surface area (Å²) in [7, 11) is 0. The van der Waals surface area contributed by atoms with Crippen LogP contribution >= 0.6 is 0 Å². The Kier molecular flexibility index (Phi) is 2.94. The van der Waals surface area contributed by atoms with Crippen molar-refractivity contribution < 1.29 is 19.5 Å². The van der Waals surface area contributed by atoms with E-state index in [1.54, 1.807) is 0 Å². The fraction of sp³-hybridized carbons (Fsp3) is 0. The SMILES string of the molecule is NOOC(=O)ON. The van der Waals surface area contributed by atoms with Gasteiger partial charge in [0.15, 0.2) is 0 Å². The summed E-state index contributed by atoms with van der Waals surface area (Å²) in [5.74, 6) is 8.47. The van der Waals surface area contributed by atoms with Crippen LogP contribution in [0.5, 0.6) is 0 Å². The van der Waals surface area contributed by atoms with Crippen LogP contribution in [0.1, 0.15) is 0 Å². The number of carbonyl (C=O) groups is 1. The normalized spacial score (nSPS) is 7.71. The molecule has 0 rings (SSSR count). The van der Waals surface area contributed by atoms with Crippen molar-refractivity contribution in [3.05, 3.63) is 0 Å². The van der Waals surface area contributed by atoms with Gasteiger partial charge in [-0.1, -0.05) is 4.99 Å². The van der Waals surface area contributed by atoms with Crippen molar-refractivity contribution in [2.75, 3.05) is 0 Å². The highest BCUT2D eigenvalue weighted by Gasteiger charge is 1.97. The minimum absolute atomic E-state index is 1.19. The van der Waals surface area contributed by atoms with Gasteiger partial charge in [0.2, 0.25) is 0 Å². The van der Waals surface area contributed by atoms with Crippen molar-refractivity contribution in [2.24, 2.45) is 11.8 Å². The second-order valence-electron chi connectivity index (χ2n) is 0.547. The summed E-state index contributed by atoms with van der Waals surface area (Å²) < 4.78 is 0. The molecular formula is CH4N2O4. The second-order valence-corrected chi connectivity index (χ2v) is 0.547. The van der Waals surface area contributed by atoms with E-state index >= 15 is 0 Å². The topological polar surface area (TPSA) is 96.8 Å². The Hall–Kier alpha value is -0.850. The lowest BCUT2D eigenvalue weighted by Gasteiger charge is -1.90. The van der Waals surface area contributed by atoms with E-state index < -0.39 is 6.16 Å². The number of nitrogens with two attached hydrogens (primary N) is 2. The Morgan fingerprint density at radius 3 is 2.14 bits per heavy atom. The molecule has 0 fully saturated rings. The first kappa shape index (κ1) is 6.15. The molecule has 4 N–H and O–H groups in total. The Labute approximate surface area is 38.8 Å². The molecule has 0 atom stereocenters. The van der Waals surface area contributed by atoms with E-state index in [9.17, 15) is 4.79 Å². The zero-order valence-electron chi connectivity index (χ0n) is 3.29. The van der Waals surface area contributed by atoms with Gasteiger partial charge in [-0.3, -0.25) is 0 Å². The quantitative estimate of drug-likeness (QED) is 0.324. The van der Waals surface area contributed by atoms with Gasteiger partial charge in [0.25, 0.3) is 0 Å². The summed E-state index contributed by atoms with van der Waals surface area (Å²) in [6.45, 7) is 0. The van der Waals surface area contributed by atoms with Crippen LogP contribution in [-0.2, 0) is 14.7 Å². The van der Waals surface area contributed by atoms with Crippen LogP contribution in [0.25, 0.3) is 0 Å². The molecule has 0 aromatic carbocycles. The summed E-state index contributed by atoms with van der Waals surface area (Å²) in [5, 5.41) is 0. The van der Waals surface area contributed by atoms with Gasteiger partial charge in [-0.25, -0.2) is 4.89 Å². The van der Waals surface area contributed by atoms with E-state index in [1.165, 1.54) is 0 Å². The standard InChI is InChI=1S/CH4N2O4/c2-5-1(4)6-7-3/h2-3H2. The van der Waals surface area contributed by atoms with Crippen LogP contribution in [-0.4, -0.2) is 6.16 Å². The molecule has 42 valence electrons. The van der Waals surface area contributed by atoms with Crippen molar-refractivity contribution in [1.29, 1.82) is 0 Å². The third-order valence-electron chi connectivity index (χ3n) is 0.212. The zero-order valence-corrected chi connectivity index (χ0v) is 3.29. The highest BCUT2D eigenvalue weighted by Crippen LogP contribution is 1.73. The highest BCUT2D eigenvalue weighted by molar-refractivity contribution is 5.58. The summed E-state index contributed by atoms with van der Waals surface area (Å²) in [6.07, 6.45) is -1.19. The number of hydrogen-bond donors (Lipinski definition) is 2. The smallest absolute Gasteiger partial charge is 0.339 e. The maximum atomic E-state index is 9.64. The van der Waals surface area contributed by atoms with Gasteiger partial charge < -0.3 is 4.84 Å². The first-order chi connectivity index (χ1) is 3.31. The molecule has 0 spiro atoms. The number of carbonyl (C=O) groups excluding carboxylic acids is 1. The lowest BCUT2D eigenvalue weighted by atomic mass is 11.4. The van der Waals surface area contributed by atoms with Crippen molar-refractivity contribution in [2.45, 2.75) is 0 Å². The van der Waals surface area contributed by atoms with Gasteiger partial charge in [-0.2, -0.15) is 16.6 Å². The maximum absolute atomic E-state index is 9.64.